The predicted octanol–water partition coefficient (Wildman–Crippen LogP) is 1.95. The highest BCUT2D eigenvalue weighted by Crippen LogP contribution is 2.37. The summed E-state index contributed by atoms with van der Waals surface area (Å²) in [6, 6.07) is 5.84. The maximum Gasteiger partial charge on any atom is 0.246 e. The number of hydrogen-bond acceptors (Lipinski definition) is 3. The van der Waals surface area contributed by atoms with Crippen LogP contribution in [0.2, 0.25) is 0 Å². The first-order valence-electron chi connectivity index (χ1n) is 7.58. The van der Waals surface area contributed by atoms with Gasteiger partial charge in [0, 0.05) is 25.8 Å². The smallest absolute Gasteiger partial charge is 0.246 e. The number of carbonyl (C=O) groups is 2. The molecular formula is C17H24N2O3. The van der Waals surface area contributed by atoms with Crippen molar-refractivity contribution in [1.29, 1.82) is 0 Å². The van der Waals surface area contributed by atoms with Gasteiger partial charge in [0.1, 0.15) is 5.54 Å². The van der Waals surface area contributed by atoms with E-state index in [0.717, 1.165) is 16.8 Å². The number of benzene rings is 1. The topological polar surface area (TPSA) is 58.6 Å². The Bertz CT molecular complexity index is 585. The maximum absolute atomic E-state index is 12.6. The van der Waals surface area contributed by atoms with Crippen LogP contribution in [0.4, 0.5) is 5.69 Å². The van der Waals surface area contributed by atoms with E-state index in [-0.39, 0.29) is 11.8 Å². The zero-order valence-corrected chi connectivity index (χ0v) is 13.7. The Kier molecular flexibility index (Phi) is 4.86. The molecule has 1 aliphatic heterocycles. The van der Waals surface area contributed by atoms with E-state index < -0.39 is 5.54 Å². The number of hydrogen-bond donors (Lipinski definition) is 1. The number of ether oxygens (including phenoxy) is 1. The van der Waals surface area contributed by atoms with Gasteiger partial charge in [-0.25, -0.2) is 0 Å². The zero-order chi connectivity index (χ0) is 16.3. The Hall–Kier alpha value is -1.88. The lowest BCUT2D eigenvalue weighted by atomic mass is 9.95. The summed E-state index contributed by atoms with van der Waals surface area (Å²) in [6.07, 6.45) is 0.916. The fraction of sp³-hybridized carbons (Fsp3) is 0.529. The molecule has 1 atom stereocenters. The van der Waals surface area contributed by atoms with Gasteiger partial charge in [-0.1, -0.05) is 12.1 Å². The second kappa shape index (κ2) is 6.48. The Morgan fingerprint density at radius 3 is 2.82 bits per heavy atom. The molecule has 1 heterocycles. The van der Waals surface area contributed by atoms with E-state index in [2.05, 4.69) is 5.32 Å². The molecule has 0 aromatic heterocycles. The lowest BCUT2D eigenvalue weighted by Crippen LogP contribution is -2.55. The molecule has 5 nitrogen and oxygen atoms in total. The fourth-order valence-corrected chi connectivity index (χ4v) is 2.90. The quantitative estimate of drug-likeness (QED) is 0.846. The van der Waals surface area contributed by atoms with Gasteiger partial charge in [0.25, 0.3) is 0 Å². The number of methoxy groups -OCH3 is 1. The monoisotopic (exact) mass is 304 g/mol. The molecule has 0 unspecified atom stereocenters. The molecule has 0 spiro atoms. The van der Waals surface area contributed by atoms with Crippen molar-refractivity contribution in [2.75, 3.05) is 25.2 Å². The van der Waals surface area contributed by atoms with E-state index in [1.807, 2.05) is 39.0 Å². The van der Waals surface area contributed by atoms with Crippen molar-refractivity contribution in [3.05, 3.63) is 29.3 Å². The molecule has 22 heavy (non-hydrogen) atoms. The average molecular weight is 304 g/mol. The molecule has 1 aromatic rings. The van der Waals surface area contributed by atoms with Crippen molar-refractivity contribution >= 4 is 17.5 Å². The first-order chi connectivity index (χ1) is 10.4. The summed E-state index contributed by atoms with van der Waals surface area (Å²) in [7, 11) is 1.59. The first-order valence-corrected chi connectivity index (χ1v) is 7.58. The molecular weight excluding hydrogens is 280 g/mol. The van der Waals surface area contributed by atoms with E-state index in [1.165, 1.54) is 0 Å². The third-order valence-electron chi connectivity index (χ3n) is 4.47. The van der Waals surface area contributed by atoms with Gasteiger partial charge in [0.15, 0.2) is 0 Å². The summed E-state index contributed by atoms with van der Waals surface area (Å²) in [4.78, 5) is 26.7. The van der Waals surface area contributed by atoms with E-state index in [1.54, 1.807) is 12.0 Å². The van der Waals surface area contributed by atoms with Crippen molar-refractivity contribution in [2.24, 2.45) is 0 Å². The van der Waals surface area contributed by atoms with Crippen LogP contribution in [-0.4, -0.2) is 37.6 Å². The van der Waals surface area contributed by atoms with Crippen LogP contribution in [0, 0.1) is 13.8 Å². The van der Waals surface area contributed by atoms with Gasteiger partial charge >= 0.3 is 0 Å². The second-order valence-corrected chi connectivity index (χ2v) is 5.97. The van der Waals surface area contributed by atoms with Gasteiger partial charge in [-0.2, -0.15) is 0 Å². The largest absolute Gasteiger partial charge is 0.383 e. The van der Waals surface area contributed by atoms with Gasteiger partial charge < -0.3 is 10.1 Å². The number of carbonyl (C=O) groups excluding carboxylic acids is 2. The highest BCUT2D eigenvalue weighted by Gasteiger charge is 2.48. The predicted molar refractivity (Wildman–Crippen MR) is 85.9 cm³/mol. The highest BCUT2D eigenvalue weighted by molar-refractivity contribution is 6.07. The molecule has 0 bridgehead atoms. The van der Waals surface area contributed by atoms with Crippen LogP contribution in [0.5, 0.6) is 0 Å². The second-order valence-electron chi connectivity index (χ2n) is 5.97. The average Bonchev–Trinajstić information content (AvgIpc) is 2.79. The fourth-order valence-electron chi connectivity index (χ4n) is 2.90. The van der Waals surface area contributed by atoms with E-state index in [0.29, 0.717) is 26.0 Å². The number of rotatable bonds is 5. The minimum atomic E-state index is -0.844. The lowest BCUT2D eigenvalue weighted by Gasteiger charge is -2.35. The number of nitrogens with zero attached hydrogens (tertiary/aromatic N) is 1. The summed E-state index contributed by atoms with van der Waals surface area (Å²) >= 11 is 0. The summed E-state index contributed by atoms with van der Waals surface area (Å²) < 4.78 is 4.96. The molecule has 0 radical (unpaired) electrons. The standard InChI is InChI=1S/C17H24N2O3/c1-12-6-5-7-14(13(12)2)19-15(20)8-9-17(19,3)16(21)18-10-11-22-4/h5-7H,8-11H2,1-4H3,(H,18,21)/t17-/m1/s1. The van der Waals surface area contributed by atoms with Crippen molar-refractivity contribution in [2.45, 2.75) is 39.2 Å². The summed E-state index contributed by atoms with van der Waals surface area (Å²) in [6.45, 7) is 6.73. The molecule has 1 fully saturated rings. The lowest BCUT2D eigenvalue weighted by molar-refractivity contribution is -0.127. The molecule has 0 aliphatic carbocycles. The van der Waals surface area contributed by atoms with Crippen LogP contribution < -0.4 is 10.2 Å². The molecule has 2 amide bonds. The van der Waals surface area contributed by atoms with Gasteiger partial charge in [0.05, 0.1) is 6.61 Å². The van der Waals surface area contributed by atoms with Crippen molar-refractivity contribution in [3.63, 3.8) is 0 Å². The van der Waals surface area contributed by atoms with Crippen LogP contribution in [0.25, 0.3) is 0 Å². The Balaban J connectivity index is 2.33. The van der Waals surface area contributed by atoms with Crippen LogP contribution in [0.15, 0.2) is 18.2 Å². The van der Waals surface area contributed by atoms with Gasteiger partial charge in [-0.05, 0) is 44.4 Å². The Morgan fingerprint density at radius 1 is 1.41 bits per heavy atom. The Labute approximate surface area is 131 Å². The van der Waals surface area contributed by atoms with Crippen molar-refractivity contribution in [3.8, 4) is 0 Å². The van der Waals surface area contributed by atoms with Crippen molar-refractivity contribution < 1.29 is 14.3 Å². The molecule has 1 aromatic carbocycles. The maximum atomic E-state index is 12.6. The molecule has 1 N–H and O–H groups in total. The number of anilines is 1. The number of nitrogens with one attached hydrogen (secondary N) is 1. The zero-order valence-electron chi connectivity index (χ0n) is 13.7. The highest BCUT2D eigenvalue weighted by atomic mass is 16.5. The summed E-state index contributed by atoms with van der Waals surface area (Å²) in [5.74, 6) is -0.130. The number of aryl methyl sites for hydroxylation is 1. The number of amides is 2. The third kappa shape index (κ3) is 2.86. The minimum Gasteiger partial charge on any atom is -0.383 e. The summed E-state index contributed by atoms with van der Waals surface area (Å²) in [5.41, 5.74) is 2.13. The molecule has 1 saturated heterocycles. The molecule has 0 saturated carbocycles. The third-order valence-corrected chi connectivity index (χ3v) is 4.47. The molecule has 2 rings (SSSR count). The van der Waals surface area contributed by atoms with Gasteiger partial charge in [0.2, 0.25) is 11.8 Å². The van der Waals surface area contributed by atoms with Crippen molar-refractivity contribution in [1.82, 2.24) is 5.32 Å². The SMILES string of the molecule is COCCNC(=O)[C@@]1(C)CCC(=O)N1c1cccc(C)c1C. The molecule has 5 heteroatoms. The first kappa shape index (κ1) is 16.5. The van der Waals surface area contributed by atoms with Crippen LogP contribution in [-0.2, 0) is 14.3 Å². The van der Waals surface area contributed by atoms with E-state index >= 15 is 0 Å². The molecule has 120 valence electrons. The summed E-state index contributed by atoms with van der Waals surface area (Å²) in [5, 5.41) is 2.86. The minimum absolute atomic E-state index is 0.00177. The Morgan fingerprint density at radius 2 is 2.14 bits per heavy atom. The van der Waals surface area contributed by atoms with Crippen LogP contribution >= 0.6 is 0 Å². The van der Waals surface area contributed by atoms with E-state index in [4.69, 9.17) is 4.74 Å². The van der Waals surface area contributed by atoms with Crippen LogP contribution in [0.1, 0.15) is 30.9 Å². The molecule has 1 aliphatic rings. The van der Waals surface area contributed by atoms with Crippen LogP contribution in [0.3, 0.4) is 0 Å². The van der Waals surface area contributed by atoms with Gasteiger partial charge in [-0.15, -0.1) is 0 Å². The van der Waals surface area contributed by atoms with E-state index in [9.17, 15) is 9.59 Å². The normalized spacial score (nSPS) is 21.3. The van der Waals surface area contributed by atoms with Gasteiger partial charge in [-0.3, -0.25) is 14.5 Å².